The van der Waals surface area contributed by atoms with Crippen molar-refractivity contribution < 1.29 is 9.53 Å². The van der Waals surface area contributed by atoms with Gasteiger partial charge in [0.1, 0.15) is 5.75 Å². The Balaban J connectivity index is 1.53. The molecule has 0 fully saturated rings. The Hall–Kier alpha value is -2.66. The summed E-state index contributed by atoms with van der Waals surface area (Å²) in [4.78, 5) is 16.8. The number of hydrogen-bond acceptors (Lipinski definition) is 4. The molecule has 4 nitrogen and oxygen atoms in total. The Morgan fingerprint density at radius 1 is 1.04 bits per heavy atom. The van der Waals surface area contributed by atoms with Gasteiger partial charge in [0, 0.05) is 11.3 Å². The van der Waals surface area contributed by atoms with E-state index < -0.39 is 6.10 Å². The van der Waals surface area contributed by atoms with E-state index in [1.807, 2.05) is 47.8 Å². The van der Waals surface area contributed by atoms with E-state index in [0.29, 0.717) is 18.2 Å². The summed E-state index contributed by atoms with van der Waals surface area (Å²) in [6, 6.07) is 17.9. The first-order valence-electron chi connectivity index (χ1n) is 9.07. The lowest BCUT2D eigenvalue weighted by molar-refractivity contribution is -0.127. The lowest BCUT2D eigenvalue weighted by atomic mass is 10.1. The van der Waals surface area contributed by atoms with Crippen molar-refractivity contribution in [3.05, 3.63) is 70.7 Å². The average Bonchev–Trinajstić information content (AvgIpc) is 3.17. The second kappa shape index (κ2) is 8.82. The summed E-state index contributed by atoms with van der Waals surface area (Å²) in [5.74, 6) is 0.926. The maximum absolute atomic E-state index is 12.3. The van der Waals surface area contributed by atoms with Gasteiger partial charge in [-0.05, 0) is 30.2 Å². The minimum Gasteiger partial charge on any atom is -0.481 e. The van der Waals surface area contributed by atoms with Crippen molar-refractivity contribution in [2.24, 2.45) is 0 Å². The van der Waals surface area contributed by atoms with Gasteiger partial charge < -0.3 is 10.1 Å². The van der Waals surface area contributed by atoms with Crippen LogP contribution < -0.4 is 10.1 Å². The van der Waals surface area contributed by atoms with Gasteiger partial charge in [-0.15, -0.1) is 11.3 Å². The van der Waals surface area contributed by atoms with E-state index in [4.69, 9.17) is 4.74 Å². The standard InChI is InChI=1S/C22H24N2O2S/c1-15(2)22-24-19(14-27-22)13-23-21(25)16(3)26-20-11-9-18(10-12-20)17-7-5-4-6-8-17/h4-12,14-16H,13H2,1-3H3,(H,23,25). The summed E-state index contributed by atoms with van der Waals surface area (Å²) in [6.07, 6.45) is -0.573. The van der Waals surface area contributed by atoms with Gasteiger partial charge >= 0.3 is 0 Å². The summed E-state index contributed by atoms with van der Waals surface area (Å²) < 4.78 is 5.77. The van der Waals surface area contributed by atoms with Crippen LogP contribution >= 0.6 is 11.3 Å². The number of nitrogens with one attached hydrogen (secondary N) is 1. The molecule has 0 bridgehead atoms. The number of carbonyl (C=O) groups is 1. The molecule has 140 valence electrons. The molecule has 1 atom stereocenters. The molecule has 0 aliphatic carbocycles. The van der Waals surface area contributed by atoms with Gasteiger partial charge in [0.2, 0.25) is 0 Å². The molecule has 0 saturated heterocycles. The predicted molar refractivity (Wildman–Crippen MR) is 110 cm³/mol. The van der Waals surface area contributed by atoms with Crippen molar-refractivity contribution in [1.29, 1.82) is 0 Å². The molecule has 1 heterocycles. The van der Waals surface area contributed by atoms with Gasteiger partial charge in [0.15, 0.2) is 6.10 Å². The van der Waals surface area contributed by atoms with Gasteiger partial charge in [-0.1, -0.05) is 56.3 Å². The third-order valence-corrected chi connectivity index (χ3v) is 5.34. The molecule has 5 heteroatoms. The van der Waals surface area contributed by atoms with Gasteiger partial charge in [-0.3, -0.25) is 4.79 Å². The summed E-state index contributed by atoms with van der Waals surface area (Å²) in [5, 5.41) is 5.96. The summed E-state index contributed by atoms with van der Waals surface area (Å²) in [6.45, 7) is 6.39. The molecule has 27 heavy (non-hydrogen) atoms. The van der Waals surface area contributed by atoms with Crippen LogP contribution in [0.2, 0.25) is 0 Å². The van der Waals surface area contributed by atoms with Crippen LogP contribution in [0.3, 0.4) is 0 Å². The normalized spacial score (nSPS) is 12.0. The van der Waals surface area contributed by atoms with Gasteiger partial charge in [-0.25, -0.2) is 4.98 Å². The Labute approximate surface area is 164 Å². The summed E-state index contributed by atoms with van der Waals surface area (Å²) in [7, 11) is 0. The fraction of sp³-hybridized carbons (Fsp3) is 0.273. The lowest BCUT2D eigenvalue weighted by Crippen LogP contribution is -2.36. The van der Waals surface area contributed by atoms with Crippen LogP contribution in [0.4, 0.5) is 0 Å². The van der Waals surface area contributed by atoms with Gasteiger partial charge in [0.05, 0.1) is 17.2 Å². The number of ether oxygens (including phenoxy) is 1. The highest BCUT2D eigenvalue weighted by Crippen LogP contribution is 2.23. The largest absolute Gasteiger partial charge is 0.481 e. The molecule has 1 unspecified atom stereocenters. The minimum absolute atomic E-state index is 0.152. The van der Waals surface area contributed by atoms with Crippen LogP contribution in [0.1, 0.15) is 37.4 Å². The fourth-order valence-electron chi connectivity index (χ4n) is 2.60. The second-order valence-electron chi connectivity index (χ2n) is 6.70. The summed E-state index contributed by atoms with van der Waals surface area (Å²) >= 11 is 1.63. The number of thiazole rings is 1. The van der Waals surface area contributed by atoms with Gasteiger partial charge in [-0.2, -0.15) is 0 Å². The van der Waals surface area contributed by atoms with E-state index in [0.717, 1.165) is 21.8 Å². The van der Waals surface area contributed by atoms with Crippen LogP contribution in [0.25, 0.3) is 11.1 Å². The molecule has 0 saturated carbocycles. The van der Waals surface area contributed by atoms with Crippen LogP contribution in [0.15, 0.2) is 60.0 Å². The molecule has 0 aliphatic rings. The number of nitrogens with zero attached hydrogens (tertiary/aromatic N) is 1. The third-order valence-electron chi connectivity index (χ3n) is 4.15. The monoisotopic (exact) mass is 380 g/mol. The molecule has 1 aromatic heterocycles. The lowest BCUT2D eigenvalue weighted by Gasteiger charge is -2.14. The fourth-order valence-corrected chi connectivity index (χ4v) is 3.44. The number of aromatic nitrogens is 1. The first-order valence-corrected chi connectivity index (χ1v) is 9.95. The van der Waals surface area contributed by atoms with Crippen molar-refractivity contribution >= 4 is 17.2 Å². The van der Waals surface area contributed by atoms with E-state index in [2.05, 4.69) is 36.3 Å². The topological polar surface area (TPSA) is 51.2 Å². The third kappa shape index (κ3) is 5.17. The Morgan fingerprint density at radius 3 is 2.33 bits per heavy atom. The zero-order chi connectivity index (χ0) is 19.2. The highest BCUT2D eigenvalue weighted by Gasteiger charge is 2.15. The van der Waals surface area contributed by atoms with Crippen molar-refractivity contribution in [3.63, 3.8) is 0 Å². The van der Waals surface area contributed by atoms with Crippen molar-refractivity contribution in [3.8, 4) is 16.9 Å². The molecule has 0 radical (unpaired) electrons. The quantitative estimate of drug-likeness (QED) is 0.626. The average molecular weight is 381 g/mol. The zero-order valence-electron chi connectivity index (χ0n) is 15.8. The minimum atomic E-state index is -0.573. The highest BCUT2D eigenvalue weighted by atomic mass is 32.1. The van der Waals surface area contributed by atoms with E-state index in [-0.39, 0.29) is 5.91 Å². The van der Waals surface area contributed by atoms with E-state index in [1.165, 1.54) is 0 Å². The maximum Gasteiger partial charge on any atom is 0.261 e. The first-order chi connectivity index (χ1) is 13.0. The summed E-state index contributed by atoms with van der Waals surface area (Å²) in [5.41, 5.74) is 3.15. The molecule has 2 aromatic carbocycles. The SMILES string of the molecule is CC(Oc1ccc(-c2ccccc2)cc1)C(=O)NCc1csc(C(C)C)n1. The van der Waals surface area contributed by atoms with E-state index in [9.17, 15) is 4.79 Å². The van der Waals surface area contributed by atoms with Crippen LogP contribution in [0, 0.1) is 0 Å². The van der Waals surface area contributed by atoms with E-state index >= 15 is 0 Å². The number of hydrogen-bond donors (Lipinski definition) is 1. The van der Waals surface area contributed by atoms with E-state index in [1.54, 1.807) is 18.3 Å². The van der Waals surface area contributed by atoms with Crippen LogP contribution in [-0.4, -0.2) is 17.0 Å². The molecule has 0 aliphatic heterocycles. The van der Waals surface area contributed by atoms with Crippen molar-refractivity contribution in [1.82, 2.24) is 10.3 Å². The number of benzene rings is 2. The van der Waals surface area contributed by atoms with Crippen molar-refractivity contribution in [2.45, 2.75) is 39.3 Å². The molecular formula is C22H24N2O2S. The molecule has 0 spiro atoms. The van der Waals surface area contributed by atoms with Gasteiger partial charge in [0.25, 0.3) is 5.91 Å². The number of carbonyl (C=O) groups excluding carboxylic acids is 1. The van der Waals surface area contributed by atoms with Crippen LogP contribution in [-0.2, 0) is 11.3 Å². The van der Waals surface area contributed by atoms with Crippen molar-refractivity contribution in [2.75, 3.05) is 0 Å². The maximum atomic E-state index is 12.3. The Kier molecular flexibility index (Phi) is 6.24. The molecule has 3 rings (SSSR count). The molecule has 3 aromatic rings. The number of rotatable bonds is 7. The first kappa shape index (κ1) is 19.1. The number of amides is 1. The Morgan fingerprint density at radius 2 is 1.70 bits per heavy atom. The molecular weight excluding hydrogens is 356 g/mol. The van der Waals surface area contributed by atoms with Crippen LogP contribution in [0.5, 0.6) is 5.75 Å². The predicted octanol–water partition coefficient (Wildman–Crippen LogP) is 5.02. The smallest absolute Gasteiger partial charge is 0.261 e. The zero-order valence-corrected chi connectivity index (χ0v) is 16.6. The second-order valence-corrected chi connectivity index (χ2v) is 7.59. The highest BCUT2D eigenvalue weighted by molar-refractivity contribution is 7.09. The molecule has 1 amide bonds. The Bertz CT molecular complexity index is 873. The molecule has 1 N–H and O–H groups in total.